The van der Waals surface area contributed by atoms with Gasteiger partial charge in [0.15, 0.2) is 24.0 Å². The van der Waals surface area contributed by atoms with Crippen LogP contribution in [-0.2, 0) is 35.0 Å². The van der Waals surface area contributed by atoms with Crippen molar-refractivity contribution in [3.05, 3.63) is 22.4 Å². The predicted molar refractivity (Wildman–Crippen MR) is 88.7 cm³/mol. The third-order valence-electron chi connectivity index (χ3n) is 4.43. The molecule has 5 atom stereocenters. The number of carbonyl (C=O) groups excluding carboxylic acids is 1. The van der Waals surface area contributed by atoms with Crippen LogP contribution in [0.4, 0.5) is 0 Å². The van der Waals surface area contributed by atoms with Crippen LogP contribution in [0.25, 0.3) is 0 Å². The number of fused-ring (bicyclic) bond motifs is 3. The number of ether oxygens (including phenoxy) is 5. The molecule has 8 heteroatoms. The topological polar surface area (TPSA) is 75.3 Å². The minimum Gasteiger partial charge on any atom is -0.349 e. The minimum absolute atomic E-state index is 0.239. The Labute approximate surface area is 150 Å². The molecular formula is C17H23NO6S. The van der Waals surface area contributed by atoms with Crippen LogP contribution in [0, 0.1) is 0 Å². The number of amides is 1. The molecule has 4 heterocycles. The molecule has 3 fully saturated rings. The highest BCUT2D eigenvalue weighted by molar-refractivity contribution is 7.09. The third kappa shape index (κ3) is 3.34. The van der Waals surface area contributed by atoms with Crippen molar-refractivity contribution in [3.8, 4) is 0 Å². The van der Waals surface area contributed by atoms with Gasteiger partial charge in [0, 0.05) is 4.88 Å². The van der Waals surface area contributed by atoms with Crippen LogP contribution in [0.15, 0.2) is 17.5 Å². The van der Waals surface area contributed by atoms with Gasteiger partial charge in [-0.05, 0) is 39.1 Å². The number of hydrogen-bond acceptors (Lipinski definition) is 7. The number of carbonyl (C=O) groups is 1. The summed E-state index contributed by atoms with van der Waals surface area (Å²) in [6.07, 6.45) is -2.87. The van der Waals surface area contributed by atoms with Crippen molar-refractivity contribution in [1.82, 2.24) is 5.32 Å². The van der Waals surface area contributed by atoms with Gasteiger partial charge in [-0.1, -0.05) is 6.07 Å². The van der Waals surface area contributed by atoms with Crippen molar-refractivity contribution in [2.75, 3.05) is 0 Å². The van der Waals surface area contributed by atoms with Crippen molar-refractivity contribution < 1.29 is 28.5 Å². The Balaban J connectivity index is 1.52. The lowest BCUT2D eigenvalue weighted by atomic mass is 9.98. The Hall–Kier alpha value is -1.03. The van der Waals surface area contributed by atoms with Crippen LogP contribution in [-0.4, -0.2) is 48.2 Å². The zero-order valence-electron chi connectivity index (χ0n) is 14.7. The Morgan fingerprint density at radius 2 is 1.76 bits per heavy atom. The molecule has 1 aromatic rings. The summed E-state index contributed by atoms with van der Waals surface area (Å²) in [6, 6.07) is 3.92. The molecule has 138 valence electrons. The summed E-state index contributed by atoms with van der Waals surface area (Å²) in [5.41, 5.74) is 0. The summed E-state index contributed by atoms with van der Waals surface area (Å²) in [4.78, 5) is 13.8. The zero-order chi connectivity index (χ0) is 17.8. The van der Waals surface area contributed by atoms with Crippen molar-refractivity contribution in [2.45, 2.75) is 76.5 Å². The largest absolute Gasteiger partial charge is 0.349 e. The molecule has 1 aromatic heterocycles. The molecule has 3 aliphatic rings. The first kappa shape index (κ1) is 17.4. The van der Waals surface area contributed by atoms with E-state index in [2.05, 4.69) is 5.32 Å². The Morgan fingerprint density at radius 1 is 1.08 bits per heavy atom. The summed E-state index contributed by atoms with van der Waals surface area (Å²) in [5, 5.41) is 4.88. The fraction of sp³-hybridized carbons (Fsp3) is 0.706. The lowest BCUT2D eigenvalue weighted by molar-refractivity contribution is -0.231. The van der Waals surface area contributed by atoms with Gasteiger partial charge in [-0.3, -0.25) is 4.79 Å². The van der Waals surface area contributed by atoms with Crippen molar-refractivity contribution in [3.63, 3.8) is 0 Å². The monoisotopic (exact) mass is 369 g/mol. The van der Waals surface area contributed by atoms with Gasteiger partial charge in [-0.25, -0.2) is 0 Å². The normalized spacial score (nSPS) is 38.2. The van der Waals surface area contributed by atoms with E-state index >= 15 is 0 Å². The summed E-state index contributed by atoms with van der Waals surface area (Å²) in [6.45, 7) is 7.73. The highest BCUT2D eigenvalue weighted by atomic mass is 32.1. The molecule has 4 rings (SSSR count). The molecule has 0 radical (unpaired) electrons. The second-order valence-corrected chi connectivity index (χ2v) is 8.42. The minimum atomic E-state index is -0.814. The van der Waals surface area contributed by atoms with E-state index in [0.29, 0.717) is 6.54 Å². The fourth-order valence-electron chi connectivity index (χ4n) is 3.51. The third-order valence-corrected chi connectivity index (χ3v) is 5.31. The van der Waals surface area contributed by atoms with E-state index in [1.165, 1.54) is 0 Å². The highest BCUT2D eigenvalue weighted by Gasteiger charge is 2.62. The molecule has 3 aliphatic heterocycles. The van der Waals surface area contributed by atoms with Crippen LogP contribution < -0.4 is 5.32 Å². The lowest BCUT2D eigenvalue weighted by Crippen LogP contribution is -2.59. The first-order valence-corrected chi connectivity index (χ1v) is 9.29. The van der Waals surface area contributed by atoms with E-state index in [0.717, 1.165) is 4.88 Å². The molecule has 25 heavy (non-hydrogen) atoms. The van der Waals surface area contributed by atoms with Gasteiger partial charge in [0.1, 0.15) is 18.3 Å². The maximum absolute atomic E-state index is 12.7. The van der Waals surface area contributed by atoms with E-state index in [1.54, 1.807) is 11.3 Å². The smallest absolute Gasteiger partial charge is 0.252 e. The van der Waals surface area contributed by atoms with Gasteiger partial charge >= 0.3 is 0 Å². The van der Waals surface area contributed by atoms with Crippen LogP contribution in [0.2, 0.25) is 0 Å². The molecular weight excluding hydrogens is 346 g/mol. The van der Waals surface area contributed by atoms with Gasteiger partial charge in [0.05, 0.1) is 6.54 Å². The van der Waals surface area contributed by atoms with E-state index < -0.39 is 42.3 Å². The van der Waals surface area contributed by atoms with Crippen LogP contribution in [0.3, 0.4) is 0 Å². The lowest BCUT2D eigenvalue weighted by Gasteiger charge is -2.36. The molecule has 0 spiro atoms. The molecule has 3 saturated heterocycles. The van der Waals surface area contributed by atoms with Gasteiger partial charge < -0.3 is 29.0 Å². The van der Waals surface area contributed by atoms with Crippen LogP contribution in [0.1, 0.15) is 32.6 Å². The Morgan fingerprint density at radius 3 is 2.48 bits per heavy atom. The van der Waals surface area contributed by atoms with E-state index in [9.17, 15) is 4.79 Å². The Kier molecular flexibility index (Phi) is 4.18. The fourth-order valence-corrected chi connectivity index (χ4v) is 4.16. The van der Waals surface area contributed by atoms with Crippen molar-refractivity contribution in [1.29, 1.82) is 0 Å². The summed E-state index contributed by atoms with van der Waals surface area (Å²) >= 11 is 1.59. The molecule has 0 aliphatic carbocycles. The van der Waals surface area contributed by atoms with Gasteiger partial charge in [-0.2, -0.15) is 0 Å². The molecule has 7 nitrogen and oxygen atoms in total. The molecule has 1 amide bonds. The van der Waals surface area contributed by atoms with Crippen molar-refractivity contribution >= 4 is 17.2 Å². The first-order chi connectivity index (χ1) is 11.7. The maximum atomic E-state index is 12.7. The maximum Gasteiger partial charge on any atom is 0.252 e. The van der Waals surface area contributed by atoms with E-state index in [1.807, 2.05) is 45.2 Å². The average Bonchev–Trinajstić information content (AvgIpc) is 3.19. The zero-order valence-corrected chi connectivity index (χ0v) is 15.5. The second kappa shape index (κ2) is 6.00. The van der Waals surface area contributed by atoms with E-state index in [-0.39, 0.29) is 5.91 Å². The number of rotatable bonds is 3. The number of hydrogen-bond donors (Lipinski definition) is 1. The second-order valence-electron chi connectivity index (χ2n) is 7.39. The molecule has 0 bridgehead atoms. The number of thiophene rings is 1. The average molecular weight is 369 g/mol. The van der Waals surface area contributed by atoms with Crippen LogP contribution >= 0.6 is 11.3 Å². The van der Waals surface area contributed by atoms with Gasteiger partial charge in [0.25, 0.3) is 5.91 Å². The molecule has 0 aromatic carbocycles. The van der Waals surface area contributed by atoms with E-state index in [4.69, 9.17) is 23.7 Å². The standard InChI is InChI=1S/C17H23NO6S/c1-16(2)21-10-11(22-16)13-15(24-17(3,4)23-13)20-12(10)14(19)18-8-9-6-5-7-25-9/h5-7,10-13,15H,8H2,1-4H3,(H,18,19)/t10-,11+,12-,13+,15-/m1/s1. The SMILES string of the molecule is CC1(C)O[C@H]2O[C@@H](C(=O)NCc3cccs3)[C@@H]3OC(C)(C)O[C@@H]3[C@@H]2O1. The van der Waals surface area contributed by atoms with Gasteiger partial charge in [-0.15, -0.1) is 11.3 Å². The summed E-state index contributed by atoms with van der Waals surface area (Å²) in [7, 11) is 0. The summed E-state index contributed by atoms with van der Waals surface area (Å²) in [5.74, 6) is -1.84. The first-order valence-electron chi connectivity index (χ1n) is 8.41. The molecule has 0 unspecified atom stereocenters. The molecule has 0 saturated carbocycles. The quantitative estimate of drug-likeness (QED) is 0.875. The summed E-state index contributed by atoms with van der Waals surface area (Å²) < 4.78 is 29.6. The highest BCUT2D eigenvalue weighted by Crippen LogP contribution is 2.44. The van der Waals surface area contributed by atoms with Crippen LogP contribution in [0.5, 0.6) is 0 Å². The molecule has 1 N–H and O–H groups in total. The Bertz CT molecular complexity index is 646. The van der Waals surface area contributed by atoms with Crippen molar-refractivity contribution in [2.24, 2.45) is 0 Å². The van der Waals surface area contributed by atoms with Gasteiger partial charge in [0.2, 0.25) is 0 Å². The predicted octanol–water partition coefficient (Wildman–Crippen LogP) is 1.76. The number of nitrogens with one attached hydrogen (secondary N) is 1.